The molecule has 1 aliphatic rings. The summed E-state index contributed by atoms with van der Waals surface area (Å²) in [6.07, 6.45) is 3.90. The maximum Gasteiger partial charge on any atom is 0.234 e. The van der Waals surface area contributed by atoms with E-state index >= 15 is 0 Å². The monoisotopic (exact) mass is 264 g/mol. The summed E-state index contributed by atoms with van der Waals surface area (Å²) in [4.78, 5) is 11.3. The first-order valence-corrected chi connectivity index (χ1v) is 7.22. The second-order valence-electron chi connectivity index (χ2n) is 5.30. The van der Waals surface area contributed by atoms with Crippen LogP contribution in [-0.2, 0) is 24.2 Å². The number of nitrogens with two attached hydrogens (primary N) is 1. The summed E-state index contributed by atoms with van der Waals surface area (Å²) in [5, 5.41) is 7.76. The molecule has 1 aromatic rings. The van der Waals surface area contributed by atoms with Crippen LogP contribution < -0.4 is 11.1 Å². The molecule has 0 aliphatic carbocycles. The van der Waals surface area contributed by atoms with Crippen molar-refractivity contribution in [1.29, 1.82) is 0 Å². The van der Waals surface area contributed by atoms with Gasteiger partial charge in [-0.3, -0.25) is 9.48 Å². The molecule has 5 heteroatoms. The van der Waals surface area contributed by atoms with Crippen molar-refractivity contribution >= 4 is 5.91 Å². The van der Waals surface area contributed by atoms with Gasteiger partial charge in [-0.15, -0.1) is 0 Å². The molecule has 1 aromatic heterocycles. The first-order chi connectivity index (χ1) is 9.13. The molecule has 1 saturated heterocycles. The fourth-order valence-corrected chi connectivity index (χ4v) is 2.82. The van der Waals surface area contributed by atoms with Crippen LogP contribution in [0, 0.1) is 5.92 Å². The van der Waals surface area contributed by atoms with Crippen molar-refractivity contribution in [3.63, 3.8) is 0 Å². The highest BCUT2D eigenvalue weighted by molar-refractivity contribution is 5.79. The number of aromatic nitrogens is 2. The maximum absolute atomic E-state index is 11.3. The molecule has 0 aromatic carbocycles. The number of amides is 1. The third-order valence-electron chi connectivity index (χ3n) is 3.93. The predicted molar refractivity (Wildman–Crippen MR) is 74.7 cm³/mol. The Morgan fingerprint density at radius 2 is 2.37 bits per heavy atom. The zero-order valence-electron chi connectivity index (χ0n) is 11.9. The Bertz CT molecular complexity index is 441. The van der Waals surface area contributed by atoms with Gasteiger partial charge in [-0.25, -0.2) is 0 Å². The van der Waals surface area contributed by atoms with Gasteiger partial charge in [0.15, 0.2) is 0 Å². The summed E-state index contributed by atoms with van der Waals surface area (Å²) in [7, 11) is 0. The average Bonchev–Trinajstić information content (AvgIpc) is 2.81. The van der Waals surface area contributed by atoms with E-state index < -0.39 is 0 Å². The Morgan fingerprint density at radius 3 is 3.00 bits per heavy atom. The minimum atomic E-state index is -0.233. The van der Waals surface area contributed by atoms with Gasteiger partial charge in [0.05, 0.1) is 11.7 Å². The smallest absolute Gasteiger partial charge is 0.234 e. The van der Waals surface area contributed by atoms with Crippen LogP contribution in [0.25, 0.3) is 0 Å². The summed E-state index contributed by atoms with van der Waals surface area (Å²) in [5.74, 6) is 0.286. The molecular formula is C14H24N4O. The van der Waals surface area contributed by atoms with Crippen LogP contribution in [0.5, 0.6) is 0 Å². The number of hydrogen-bond acceptors (Lipinski definition) is 3. The average molecular weight is 264 g/mol. The van der Waals surface area contributed by atoms with Gasteiger partial charge in [0.25, 0.3) is 0 Å². The summed E-state index contributed by atoms with van der Waals surface area (Å²) >= 11 is 0. The van der Waals surface area contributed by atoms with Gasteiger partial charge in [0, 0.05) is 12.2 Å². The highest BCUT2D eigenvalue weighted by atomic mass is 16.1. The second-order valence-corrected chi connectivity index (χ2v) is 5.30. The number of aryl methyl sites for hydroxylation is 2. The van der Waals surface area contributed by atoms with Crippen LogP contribution >= 0.6 is 0 Å². The number of hydrogen-bond donors (Lipinski definition) is 2. The van der Waals surface area contributed by atoms with Gasteiger partial charge in [0.2, 0.25) is 5.91 Å². The minimum absolute atomic E-state index is 0.164. The van der Waals surface area contributed by atoms with Crippen molar-refractivity contribution in [3.8, 4) is 0 Å². The van der Waals surface area contributed by atoms with Gasteiger partial charge in [-0.05, 0) is 51.1 Å². The number of piperidine rings is 1. The number of nitrogens with zero attached hydrogens (tertiary/aromatic N) is 2. The molecule has 0 spiro atoms. The minimum Gasteiger partial charge on any atom is -0.368 e. The van der Waals surface area contributed by atoms with Gasteiger partial charge >= 0.3 is 0 Å². The molecule has 19 heavy (non-hydrogen) atoms. The quantitative estimate of drug-likeness (QED) is 0.828. The SMILES string of the molecule is CCc1cc(CC2CCNC(C(N)=O)C2)n(CC)n1. The van der Waals surface area contributed by atoms with Crippen LogP contribution in [0.4, 0.5) is 0 Å². The van der Waals surface area contributed by atoms with Crippen molar-refractivity contribution < 1.29 is 4.79 Å². The molecule has 5 nitrogen and oxygen atoms in total. The maximum atomic E-state index is 11.3. The van der Waals surface area contributed by atoms with Crippen molar-refractivity contribution in [2.45, 2.75) is 52.1 Å². The summed E-state index contributed by atoms with van der Waals surface area (Å²) in [6, 6.07) is 2.03. The molecule has 0 saturated carbocycles. The molecule has 106 valence electrons. The molecule has 2 rings (SSSR count). The normalized spacial score (nSPS) is 23.5. The fourth-order valence-electron chi connectivity index (χ4n) is 2.82. The van der Waals surface area contributed by atoms with Crippen LogP contribution in [-0.4, -0.2) is 28.3 Å². The first-order valence-electron chi connectivity index (χ1n) is 7.22. The first kappa shape index (κ1) is 14.1. The number of nitrogens with one attached hydrogen (secondary N) is 1. The Morgan fingerprint density at radius 1 is 1.58 bits per heavy atom. The van der Waals surface area contributed by atoms with Crippen LogP contribution in [0.15, 0.2) is 6.07 Å². The lowest BCUT2D eigenvalue weighted by Crippen LogP contribution is -2.47. The third kappa shape index (κ3) is 3.35. The summed E-state index contributed by atoms with van der Waals surface area (Å²) in [6.45, 7) is 6.02. The van der Waals surface area contributed by atoms with E-state index in [4.69, 9.17) is 5.73 Å². The Labute approximate surface area is 114 Å². The van der Waals surface area contributed by atoms with Crippen LogP contribution in [0.3, 0.4) is 0 Å². The number of primary amides is 1. The zero-order valence-corrected chi connectivity index (χ0v) is 11.9. The van der Waals surface area contributed by atoms with E-state index in [1.807, 2.05) is 0 Å². The van der Waals surface area contributed by atoms with E-state index in [0.29, 0.717) is 5.92 Å². The number of rotatable bonds is 5. The zero-order chi connectivity index (χ0) is 13.8. The molecule has 1 amide bonds. The highest BCUT2D eigenvalue weighted by Crippen LogP contribution is 2.21. The van der Waals surface area contributed by atoms with Gasteiger partial charge < -0.3 is 11.1 Å². The standard InChI is InChI=1S/C14H24N4O/c1-3-11-9-12(18(4-2)17-11)7-10-5-6-16-13(8-10)14(15)19/h9-10,13,16H,3-8H2,1-2H3,(H2,15,19). The largest absolute Gasteiger partial charge is 0.368 e. The van der Waals surface area contributed by atoms with Gasteiger partial charge in [0.1, 0.15) is 0 Å². The van der Waals surface area contributed by atoms with E-state index in [0.717, 1.165) is 44.5 Å². The Hall–Kier alpha value is -1.36. The van der Waals surface area contributed by atoms with E-state index in [1.54, 1.807) is 0 Å². The molecule has 0 radical (unpaired) electrons. The van der Waals surface area contributed by atoms with Crippen LogP contribution in [0.1, 0.15) is 38.1 Å². The molecule has 0 bridgehead atoms. The van der Waals surface area contributed by atoms with E-state index in [-0.39, 0.29) is 11.9 Å². The Kier molecular flexibility index (Phi) is 4.58. The summed E-state index contributed by atoms with van der Waals surface area (Å²) in [5.41, 5.74) is 7.82. The summed E-state index contributed by atoms with van der Waals surface area (Å²) < 4.78 is 2.08. The third-order valence-corrected chi connectivity index (χ3v) is 3.93. The van der Waals surface area contributed by atoms with E-state index in [1.165, 1.54) is 5.69 Å². The van der Waals surface area contributed by atoms with E-state index in [2.05, 4.69) is 35.0 Å². The second kappa shape index (κ2) is 6.19. The van der Waals surface area contributed by atoms with Crippen molar-refractivity contribution in [3.05, 3.63) is 17.5 Å². The van der Waals surface area contributed by atoms with Gasteiger partial charge in [-0.1, -0.05) is 6.92 Å². The molecule has 2 heterocycles. The molecule has 3 N–H and O–H groups in total. The van der Waals surface area contributed by atoms with E-state index in [9.17, 15) is 4.79 Å². The lowest BCUT2D eigenvalue weighted by atomic mass is 9.88. The fraction of sp³-hybridized carbons (Fsp3) is 0.714. The molecule has 2 unspecified atom stereocenters. The van der Waals surface area contributed by atoms with Gasteiger partial charge in [-0.2, -0.15) is 5.10 Å². The molecular weight excluding hydrogens is 240 g/mol. The van der Waals surface area contributed by atoms with Crippen molar-refractivity contribution in [2.75, 3.05) is 6.54 Å². The number of carbonyl (C=O) groups is 1. The van der Waals surface area contributed by atoms with Crippen molar-refractivity contribution in [2.24, 2.45) is 11.7 Å². The molecule has 1 aliphatic heterocycles. The number of carbonyl (C=O) groups excluding carboxylic acids is 1. The molecule has 2 atom stereocenters. The highest BCUT2D eigenvalue weighted by Gasteiger charge is 2.26. The molecule has 1 fully saturated rings. The lowest BCUT2D eigenvalue weighted by Gasteiger charge is -2.28. The topological polar surface area (TPSA) is 72.9 Å². The van der Waals surface area contributed by atoms with Crippen LogP contribution in [0.2, 0.25) is 0 Å². The Balaban J connectivity index is 2.03. The van der Waals surface area contributed by atoms with Crippen molar-refractivity contribution in [1.82, 2.24) is 15.1 Å². The lowest BCUT2D eigenvalue weighted by molar-refractivity contribution is -0.120. The predicted octanol–water partition coefficient (Wildman–Crippen LogP) is 0.861.